The molecule has 0 aromatic heterocycles. The van der Waals surface area contributed by atoms with Gasteiger partial charge in [0.1, 0.15) is 0 Å². The topological polar surface area (TPSA) is 82.1 Å². The minimum absolute atomic E-state index is 0.00804. The summed E-state index contributed by atoms with van der Waals surface area (Å²) in [6.07, 6.45) is 2.83. The molecule has 0 fully saturated rings. The molecular formula is C23H21NO6. The molecule has 0 aliphatic carbocycles. The summed E-state index contributed by atoms with van der Waals surface area (Å²) in [6.45, 7) is 4.12. The number of nitrogens with zero attached hydrogens (tertiary/aromatic N) is 1. The number of methoxy groups -OCH3 is 2. The van der Waals surface area contributed by atoms with E-state index in [-0.39, 0.29) is 24.6 Å². The Morgan fingerprint density at radius 2 is 1.80 bits per heavy atom. The molecule has 1 heterocycles. The molecule has 7 nitrogen and oxygen atoms in total. The van der Waals surface area contributed by atoms with Gasteiger partial charge >= 0.3 is 11.9 Å². The van der Waals surface area contributed by atoms with E-state index in [0.29, 0.717) is 22.6 Å². The highest BCUT2D eigenvalue weighted by Crippen LogP contribution is 2.32. The second-order valence-electron chi connectivity index (χ2n) is 6.44. The Kier molecular flexibility index (Phi) is 6.32. The number of hydrogen-bond donors (Lipinski definition) is 0. The molecule has 2 aromatic carbocycles. The van der Waals surface area contributed by atoms with Gasteiger partial charge in [0.15, 0.2) is 11.5 Å². The second-order valence-corrected chi connectivity index (χ2v) is 6.44. The molecule has 0 spiro atoms. The smallest absolute Gasteiger partial charge is 0.330 e. The summed E-state index contributed by atoms with van der Waals surface area (Å²) in [6, 6.07) is 12.1. The highest BCUT2D eigenvalue weighted by molar-refractivity contribution is 6.08. The fraction of sp³-hybridized carbons (Fsp3) is 0.174. The SMILES string of the molecule is C=C1c2ccccc2C(=O)N1CCC(=O)Oc1ccc(/C=C/C(=O)OC)cc1OC. The fourth-order valence-electron chi connectivity index (χ4n) is 3.05. The van der Waals surface area contributed by atoms with E-state index in [1.54, 1.807) is 36.4 Å². The molecule has 30 heavy (non-hydrogen) atoms. The minimum Gasteiger partial charge on any atom is -0.493 e. The van der Waals surface area contributed by atoms with Crippen molar-refractivity contribution in [3.8, 4) is 11.5 Å². The Bertz CT molecular complexity index is 1000. The molecule has 154 valence electrons. The number of fused-ring (bicyclic) bond motifs is 1. The van der Waals surface area contributed by atoms with E-state index < -0.39 is 11.9 Å². The minimum atomic E-state index is -0.511. The first kappa shape index (κ1) is 20.9. The fourth-order valence-corrected chi connectivity index (χ4v) is 3.05. The van der Waals surface area contributed by atoms with Crippen LogP contribution in [0.2, 0.25) is 0 Å². The molecule has 0 atom stereocenters. The number of rotatable bonds is 7. The van der Waals surface area contributed by atoms with Gasteiger partial charge in [0.05, 0.1) is 20.6 Å². The zero-order chi connectivity index (χ0) is 21.7. The van der Waals surface area contributed by atoms with Gasteiger partial charge in [-0.3, -0.25) is 9.59 Å². The molecule has 3 rings (SSSR count). The molecule has 7 heteroatoms. The normalized spacial score (nSPS) is 12.8. The van der Waals surface area contributed by atoms with Gasteiger partial charge in [-0.25, -0.2) is 4.79 Å². The molecule has 1 amide bonds. The first-order chi connectivity index (χ1) is 14.4. The molecule has 0 saturated carbocycles. The maximum atomic E-state index is 12.5. The van der Waals surface area contributed by atoms with Crippen LogP contribution in [0.5, 0.6) is 11.5 Å². The molecule has 1 aliphatic rings. The number of hydrogen-bond acceptors (Lipinski definition) is 6. The van der Waals surface area contributed by atoms with Crippen LogP contribution in [0.4, 0.5) is 0 Å². The molecule has 2 aromatic rings. The van der Waals surface area contributed by atoms with Crippen LogP contribution in [-0.2, 0) is 14.3 Å². The van der Waals surface area contributed by atoms with Crippen molar-refractivity contribution < 1.29 is 28.6 Å². The highest BCUT2D eigenvalue weighted by Gasteiger charge is 2.30. The van der Waals surface area contributed by atoms with Crippen LogP contribution in [0.15, 0.2) is 55.1 Å². The van der Waals surface area contributed by atoms with E-state index in [1.807, 2.05) is 12.1 Å². The van der Waals surface area contributed by atoms with Crippen molar-refractivity contribution in [3.05, 3.63) is 71.8 Å². The average molecular weight is 407 g/mol. The number of ether oxygens (including phenoxy) is 3. The summed E-state index contributed by atoms with van der Waals surface area (Å²) >= 11 is 0. The molecule has 0 radical (unpaired) electrons. The Balaban J connectivity index is 1.63. The van der Waals surface area contributed by atoms with E-state index in [9.17, 15) is 14.4 Å². The number of carbonyl (C=O) groups excluding carboxylic acids is 3. The lowest BCUT2D eigenvalue weighted by Crippen LogP contribution is -2.26. The quantitative estimate of drug-likeness (QED) is 0.398. The van der Waals surface area contributed by atoms with Crippen molar-refractivity contribution in [2.24, 2.45) is 0 Å². The van der Waals surface area contributed by atoms with E-state index in [1.165, 1.54) is 25.2 Å². The Hall–Kier alpha value is -3.87. The van der Waals surface area contributed by atoms with Gasteiger partial charge in [0.2, 0.25) is 0 Å². The van der Waals surface area contributed by atoms with Crippen LogP contribution in [0.1, 0.15) is 27.9 Å². The summed E-state index contributed by atoms with van der Waals surface area (Å²) in [5.41, 5.74) is 2.60. The third-order valence-electron chi connectivity index (χ3n) is 4.60. The summed E-state index contributed by atoms with van der Waals surface area (Å²) in [7, 11) is 2.74. The van der Waals surface area contributed by atoms with Crippen LogP contribution >= 0.6 is 0 Å². The number of esters is 2. The Morgan fingerprint density at radius 1 is 1.07 bits per heavy atom. The lowest BCUT2D eigenvalue weighted by Gasteiger charge is -2.17. The third-order valence-corrected chi connectivity index (χ3v) is 4.60. The van der Waals surface area contributed by atoms with Gasteiger partial charge in [0.25, 0.3) is 5.91 Å². The van der Waals surface area contributed by atoms with Gasteiger partial charge in [-0.05, 0) is 29.8 Å². The first-order valence-corrected chi connectivity index (χ1v) is 9.19. The standard InChI is InChI=1S/C23H21NO6/c1-15-17-6-4-5-7-18(17)23(27)24(15)13-12-22(26)30-19-10-8-16(14-20(19)28-2)9-11-21(25)29-3/h4-11,14H,1,12-13H2,2-3H3/b11-9+. The molecule has 0 N–H and O–H groups in total. The average Bonchev–Trinajstić information content (AvgIpc) is 3.01. The van der Waals surface area contributed by atoms with Gasteiger partial charge < -0.3 is 19.1 Å². The van der Waals surface area contributed by atoms with Crippen molar-refractivity contribution in [2.75, 3.05) is 20.8 Å². The lowest BCUT2D eigenvalue weighted by molar-refractivity contribution is -0.135. The van der Waals surface area contributed by atoms with E-state index in [0.717, 1.165) is 5.56 Å². The Morgan fingerprint density at radius 3 is 2.47 bits per heavy atom. The molecule has 1 aliphatic heterocycles. The first-order valence-electron chi connectivity index (χ1n) is 9.19. The van der Waals surface area contributed by atoms with Crippen molar-refractivity contribution in [1.29, 1.82) is 0 Å². The van der Waals surface area contributed by atoms with E-state index in [2.05, 4.69) is 11.3 Å². The molecular weight excluding hydrogens is 386 g/mol. The molecule has 0 bridgehead atoms. The predicted octanol–water partition coefficient (Wildman–Crippen LogP) is 3.30. The van der Waals surface area contributed by atoms with Crippen LogP contribution in [0.25, 0.3) is 11.8 Å². The number of carbonyl (C=O) groups is 3. The van der Waals surface area contributed by atoms with Crippen molar-refractivity contribution >= 4 is 29.6 Å². The van der Waals surface area contributed by atoms with Crippen LogP contribution in [0, 0.1) is 0 Å². The largest absolute Gasteiger partial charge is 0.493 e. The molecule has 0 saturated heterocycles. The van der Waals surface area contributed by atoms with Crippen LogP contribution in [0.3, 0.4) is 0 Å². The monoisotopic (exact) mass is 407 g/mol. The molecule has 0 unspecified atom stereocenters. The number of benzene rings is 2. The van der Waals surface area contributed by atoms with E-state index >= 15 is 0 Å². The predicted molar refractivity (Wildman–Crippen MR) is 111 cm³/mol. The summed E-state index contributed by atoms with van der Waals surface area (Å²) in [5.74, 6) is -0.591. The van der Waals surface area contributed by atoms with E-state index in [4.69, 9.17) is 9.47 Å². The van der Waals surface area contributed by atoms with Crippen molar-refractivity contribution in [3.63, 3.8) is 0 Å². The van der Waals surface area contributed by atoms with Crippen LogP contribution in [-0.4, -0.2) is 43.5 Å². The Labute approximate surface area is 174 Å². The summed E-state index contributed by atoms with van der Waals surface area (Å²) < 4.78 is 15.2. The zero-order valence-electron chi connectivity index (χ0n) is 16.7. The third kappa shape index (κ3) is 4.41. The number of amides is 1. The van der Waals surface area contributed by atoms with Gasteiger partial charge in [-0.15, -0.1) is 0 Å². The maximum Gasteiger partial charge on any atom is 0.330 e. The van der Waals surface area contributed by atoms with Gasteiger partial charge in [0, 0.05) is 29.4 Å². The second kappa shape index (κ2) is 9.09. The highest BCUT2D eigenvalue weighted by atomic mass is 16.6. The zero-order valence-corrected chi connectivity index (χ0v) is 16.7. The summed E-state index contributed by atoms with van der Waals surface area (Å²) in [5, 5.41) is 0. The van der Waals surface area contributed by atoms with Gasteiger partial charge in [-0.2, -0.15) is 0 Å². The maximum absolute atomic E-state index is 12.5. The van der Waals surface area contributed by atoms with Crippen LogP contribution < -0.4 is 9.47 Å². The van der Waals surface area contributed by atoms with Gasteiger partial charge in [-0.1, -0.05) is 30.8 Å². The van der Waals surface area contributed by atoms with Crippen molar-refractivity contribution in [1.82, 2.24) is 4.90 Å². The summed E-state index contributed by atoms with van der Waals surface area (Å²) in [4.78, 5) is 37.5. The lowest BCUT2D eigenvalue weighted by atomic mass is 10.1. The van der Waals surface area contributed by atoms with Crippen molar-refractivity contribution in [2.45, 2.75) is 6.42 Å².